The highest BCUT2D eigenvalue weighted by molar-refractivity contribution is 7.11. The third-order valence-electron chi connectivity index (χ3n) is 3.14. The molecule has 4 nitrogen and oxygen atoms in total. The minimum atomic E-state index is 0.102. The highest BCUT2D eigenvalue weighted by atomic mass is 32.1. The Balaban J connectivity index is 1.67. The van der Waals surface area contributed by atoms with Gasteiger partial charge in [-0.15, -0.1) is 11.3 Å². The summed E-state index contributed by atoms with van der Waals surface area (Å²) in [4.78, 5) is 18.0. The van der Waals surface area contributed by atoms with E-state index in [9.17, 15) is 4.79 Å². The molecule has 0 aromatic carbocycles. The van der Waals surface area contributed by atoms with Crippen molar-refractivity contribution in [3.63, 3.8) is 0 Å². The molecule has 2 saturated heterocycles. The van der Waals surface area contributed by atoms with Gasteiger partial charge in [-0.1, -0.05) is 0 Å². The Labute approximate surface area is 92.3 Å². The molecule has 80 valence electrons. The molecule has 15 heavy (non-hydrogen) atoms. The zero-order valence-corrected chi connectivity index (χ0v) is 9.43. The first-order valence-corrected chi connectivity index (χ1v) is 5.99. The number of likely N-dealkylation sites (tertiary alicyclic amines) is 1. The fourth-order valence-corrected chi connectivity index (χ4v) is 2.96. The smallest absolute Gasteiger partial charge is 0.282 e. The van der Waals surface area contributed by atoms with E-state index >= 15 is 0 Å². The van der Waals surface area contributed by atoms with Crippen molar-refractivity contribution in [2.45, 2.75) is 6.92 Å². The highest BCUT2D eigenvalue weighted by Crippen LogP contribution is 2.35. The molecule has 2 aliphatic rings. The molecule has 0 radical (unpaired) electrons. The first kappa shape index (κ1) is 9.30. The zero-order chi connectivity index (χ0) is 10.5. The molecule has 1 amide bonds. The number of carbonyl (C=O) groups excluding carboxylic acids is 1. The van der Waals surface area contributed by atoms with E-state index in [1.165, 1.54) is 11.3 Å². The SMILES string of the molecule is Cc1csc(C(=O)N2CC3(CNC3)C2)n1. The summed E-state index contributed by atoms with van der Waals surface area (Å²) in [5.41, 5.74) is 1.34. The summed E-state index contributed by atoms with van der Waals surface area (Å²) in [6, 6.07) is 0. The summed E-state index contributed by atoms with van der Waals surface area (Å²) < 4.78 is 0. The predicted octanol–water partition coefficient (Wildman–Crippen LogP) is 0.497. The van der Waals surface area contributed by atoms with E-state index in [1.54, 1.807) is 0 Å². The molecule has 0 aliphatic carbocycles. The number of aryl methyl sites for hydroxylation is 1. The van der Waals surface area contributed by atoms with Gasteiger partial charge in [-0.3, -0.25) is 4.79 Å². The second-order valence-corrected chi connectivity index (χ2v) is 5.42. The van der Waals surface area contributed by atoms with Crippen LogP contribution in [0.4, 0.5) is 0 Å². The molecule has 2 fully saturated rings. The third kappa shape index (κ3) is 1.38. The number of hydrogen-bond acceptors (Lipinski definition) is 4. The number of thiazole rings is 1. The van der Waals surface area contributed by atoms with Gasteiger partial charge in [0, 0.05) is 42.7 Å². The number of nitrogens with zero attached hydrogens (tertiary/aromatic N) is 2. The largest absolute Gasteiger partial charge is 0.335 e. The maximum atomic E-state index is 11.9. The third-order valence-corrected chi connectivity index (χ3v) is 4.09. The summed E-state index contributed by atoms with van der Waals surface area (Å²) in [6.07, 6.45) is 0. The molecule has 1 N–H and O–H groups in total. The van der Waals surface area contributed by atoms with Crippen molar-refractivity contribution >= 4 is 17.2 Å². The average Bonchev–Trinajstić information content (AvgIpc) is 2.46. The number of amides is 1. The van der Waals surface area contributed by atoms with Crippen LogP contribution in [0.25, 0.3) is 0 Å². The van der Waals surface area contributed by atoms with Crippen molar-refractivity contribution in [3.05, 3.63) is 16.1 Å². The van der Waals surface area contributed by atoms with E-state index in [1.807, 2.05) is 17.2 Å². The average molecular weight is 223 g/mol. The number of carbonyl (C=O) groups is 1. The molecule has 1 aromatic rings. The van der Waals surface area contributed by atoms with Crippen LogP contribution in [0.1, 0.15) is 15.5 Å². The van der Waals surface area contributed by atoms with Gasteiger partial charge in [-0.25, -0.2) is 4.98 Å². The molecule has 0 bridgehead atoms. The van der Waals surface area contributed by atoms with Crippen LogP contribution in [0.2, 0.25) is 0 Å². The predicted molar refractivity (Wildman–Crippen MR) is 58.1 cm³/mol. The fraction of sp³-hybridized carbons (Fsp3) is 0.600. The molecule has 0 unspecified atom stereocenters. The Bertz CT molecular complexity index is 403. The van der Waals surface area contributed by atoms with Gasteiger partial charge in [-0.2, -0.15) is 0 Å². The molecule has 1 spiro atoms. The molecular formula is C10H13N3OS. The summed E-state index contributed by atoms with van der Waals surface area (Å²) >= 11 is 1.44. The molecule has 0 atom stereocenters. The molecule has 1 aromatic heterocycles. The zero-order valence-electron chi connectivity index (χ0n) is 8.62. The van der Waals surface area contributed by atoms with Crippen LogP contribution in [0.5, 0.6) is 0 Å². The quantitative estimate of drug-likeness (QED) is 0.754. The van der Waals surface area contributed by atoms with Crippen LogP contribution in [0, 0.1) is 12.3 Å². The summed E-state index contributed by atoms with van der Waals surface area (Å²) in [6.45, 7) is 5.84. The molecule has 3 heterocycles. The van der Waals surface area contributed by atoms with E-state index in [0.29, 0.717) is 10.4 Å². The van der Waals surface area contributed by atoms with Gasteiger partial charge in [0.05, 0.1) is 0 Å². The lowest BCUT2D eigenvalue weighted by Gasteiger charge is -2.55. The Hall–Kier alpha value is -0.940. The van der Waals surface area contributed by atoms with Gasteiger partial charge in [0.2, 0.25) is 0 Å². The van der Waals surface area contributed by atoms with E-state index in [0.717, 1.165) is 31.9 Å². The van der Waals surface area contributed by atoms with Crippen LogP contribution in [-0.4, -0.2) is 42.0 Å². The maximum Gasteiger partial charge on any atom is 0.282 e. The van der Waals surface area contributed by atoms with Gasteiger partial charge in [0.1, 0.15) is 0 Å². The molecule has 5 heteroatoms. The first-order valence-electron chi connectivity index (χ1n) is 5.11. The minimum Gasteiger partial charge on any atom is -0.335 e. The number of hydrogen-bond donors (Lipinski definition) is 1. The van der Waals surface area contributed by atoms with E-state index in [4.69, 9.17) is 0 Å². The van der Waals surface area contributed by atoms with Crippen LogP contribution < -0.4 is 5.32 Å². The summed E-state index contributed by atoms with van der Waals surface area (Å²) in [7, 11) is 0. The lowest BCUT2D eigenvalue weighted by Crippen LogP contribution is -2.71. The van der Waals surface area contributed by atoms with E-state index < -0.39 is 0 Å². The van der Waals surface area contributed by atoms with Crippen molar-refractivity contribution < 1.29 is 4.79 Å². The lowest BCUT2D eigenvalue weighted by molar-refractivity contribution is -0.0248. The lowest BCUT2D eigenvalue weighted by atomic mass is 9.74. The molecular weight excluding hydrogens is 210 g/mol. The number of rotatable bonds is 1. The number of aromatic nitrogens is 1. The van der Waals surface area contributed by atoms with Crippen molar-refractivity contribution in [1.29, 1.82) is 0 Å². The van der Waals surface area contributed by atoms with Gasteiger partial charge < -0.3 is 10.2 Å². The van der Waals surface area contributed by atoms with Crippen LogP contribution >= 0.6 is 11.3 Å². The van der Waals surface area contributed by atoms with Crippen LogP contribution in [0.3, 0.4) is 0 Å². The summed E-state index contributed by atoms with van der Waals surface area (Å²) in [5.74, 6) is 0.102. The van der Waals surface area contributed by atoms with Gasteiger partial charge in [0.15, 0.2) is 5.01 Å². The Morgan fingerprint density at radius 1 is 1.60 bits per heavy atom. The van der Waals surface area contributed by atoms with E-state index in [2.05, 4.69) is 10.3 Å². The Morgan fingerprint density at radius 2 is 2.33 bits per heavy atom. The van der Waals surface area contributed by atoms with E-state index in [-0.39, 0.29) is 5.91 Å². The van der Waals surface area contributed by atoms with Gasteiger partial charge >= 0.3 is 0 Å². The molecule has 0 saturated carbocycles. The first-order chi connectivity index (χ1) is 7.19. The van der Waals surface area contributed by atoms with Crippen LogP contribution in [-0.2, 0) is 0 Å². The monoisotopic (exact) mass is 223 g/mol. The number of nitrogens with one attached hydrogen (secondary N) is 1. The maximum absolute atomic E-state index is 11.9. The standard InChI is InChI=1S/C10H13N3OS/c1-7-2-15-8(12-7)9(14)13-5-10(6-13)3-11-4-10/h2,11H,3-6H2,1H3. The van der Waals surface area contributed by atoms with Crippen molar-refractivity contribution in [2.24, 2.45) is 5.41 Å². The molecule has 2 aliphatic heterocycles. The second-order valence-electron chi connectivity index (χ2n) is 4.56. The topological polar surface area (TPSA) is 45.2 Å². The van der Waals surface area contributed by atoms with Gasteiger partial charge in [-0.05, 0) is 6.92 Å². The molecule has 3 rings (SSSR count). The van der Waals surface area contributed by atoms with Crippen LogP contribution in [0.15, 0.2) is 5.38 Å². The van der Waals surface area contributed by atoms with Crippen molar-refractivity contribution in [2.75, 3.05) is 26.2 Å². The minimum absolute atomic E-state index is 0.102. The normalized spacial score (nSPS) is 22.3. The second kappa shape index (κ2) is 3.02. The fourth-order valence-electron chi connectivity index (χ4n) is 2.20. The summed E-state index contributed by atoms with van der Waals surface area (Å²) in [5, 5.41) is 5.81. The Kier molecular flexibility index (Phi) is 1.87. The highest BCUT2D eigenvalue weighted by Gasteiger charge is 2.49. The van der Waals surface area contributed by atoms with Gasteiger partial charge in [0.25, 0.3) is 5.91 Å². The van der Waals surface area contributed by atoms with Crippen molar-refractivity contribution in [3.8, 4) is 0 Å². The Morgan fingerprint density at radius 3 is 2.80 bits per heavy atom. The van der Waals surface area contributed by atoms with Crippen molar-refractivity contribution in [1.82, 2.24) is 15.2 Å².